The highest BCUT2D eigenvalue weighted by Gasteiger charge is 2.34. The van der Waals surface area contributed by atoms with E-state index in [9.17, 15) is 17.8 Å². The van der Waals surface area contributed by atoms with Crippen molar-refractivity contribution in [2.75, 3.05) is 19.5 Å². The van der Waals surface area contributed by atoms with Crippen LogP contribution in [-0.4, -0.2) is 34.5 Å². The first-order valence-corrected chi connectivity index (χ1v) is 7.24. The summed E-state index contributed by atoms with van der Waals surface area (Å²) >= 11 is 0. The van der Waals surface area contributed by atoms with Gasteiger partial charge < -0.3 is 9.64 Å². The number of methoxy groups -OCH3 is 1. The second-order valence-electron chi connectivity index (χ2n) is 4.53. The van der Waals surface area contributed by atoms with Gasteiger partial charge in [0, 0.05) is 36.6 Å². The van der Waals surface area contributed by atoms with Crippen LogP contribution in [0.25, 0.3) is 0 Å². The molecule has 1 amide bonds. The lowest BCUT2D eigenvalue weighted by molar-refractivity contribution is -0.126. The Balaban J connectivity index is 2.25. The number of nitrogens with zero attached hydrogens (tertiary/aromatic N) is 1. The molecule has 2 rings (SSSR count). The topological polar surface area (TPSA) is 72.6 Å². The van der Waals surface area contributed by atoms with Crippen molar-refractivity contribution in [2.45, 2.75) is 12.3 Å². The molecule has 0 saturated carbocycles. The molecule has 2 N–H and O–H groups in total. The molecule has 1 unspecified atom stereocenters. The zero-order valence-corrected chi connectivity index (χ0v) is 11.6. The number of hydrogen-bond donors (Lipinski definition) is 1. The second-order valence-corrected chi connectivity index (χ2v) is 5.55. The highest BCUT2D eigenvalue weighted by molar-refractivity contribution is 7.82. The number of likely N-dealkylation sites (tertiary alicyclic amines) is 1. The summed E-state index contributed by atoms with van der Waals surface area (Å²) in [5.41, 5.74) is -0.149. The molecule has 20 heavy (non-hydrogen) atoms. The molecule has 1 aliphatic heterocycles. The molecule has 110 valence electrons. The summed E-state index contributed by atoms with van der Waals surface area (Å²) in [5.74, 6) is -2.49. The average molecular weight is 304 g/mol. The van der Waals surface area contributed by atoms with E-state index in [4.69, 9.17) is 9.88 Å². The number of carbonyl (C=O) groups is 1. The molecule has 0 aliphatic carbocycles. The van der Waals surface area contributed by atoms with Crippen LogP contribution in [-0.2, 0) is 15.8 Å². The number of carbonyl (C=O) groups excluding carboxylic acids is 1. The van der Waals surface area contributed by atoms with Gasteiger partial charge in [0.05, 0.1) is 7.11 Å². The maximum Gasteiger partial charge on any atom is 0.224 e. The Morgan fingerprint density at radius 1 is 1.45 bits per heavy atom. The quantitative estimate of drug-likeness (QED) is 0.897. The van der Waals surface area contributed by atoms with Gasteiger partial charge in [0.15, 0.2) is 0 Å². The first-order valence-electron chi connectivity index (χ1n) is 5.85. The van der Waals surface area contributed by atoms with Gasteiger partial charge in [0.1, 0.15) is 34.2 Å². The Morgan fingerprint density at radius 3 is 2.55 bits per heavy atom. The SMILES string of the molecule is COc1cc(F)c([C@H]2CC(=O)N(CS(N)=O)C2)c(F)c1. The van der Waals surface area contributed by atoms with Crippen LogP contribution >= 0.6 is 0 Å². The van der Waals surface area contributed by atoms with Crippen molar-refractivity contribution in [3.05, 3.63) is 29.3 Å². The molecule has 0 spiro atoms. The maximum atomic E-state index is 13.9. The predicted molar refractivity (Wildman–Crippen MR) is 69.2 cm³/mol. The van der Waals surface area contributed by atoms with E-state index in [2.05, 4.69) is 0 Å². The average Bonchev–Trinajstić information content (AvgIpc) is 2.68. The lowest BCUT2D eigenvalue weighted by atomic mass is 9.97. The number of ether oxygens (including phenoxy) is 1. The Morgan fingerprint density at radius 2 is 2.05 bits per heavy atom. The van der Waals surface area contributed by atoms with Gasteiger partial charge in [0.2, 0.25) is 5.91 Å². The maximum absolute atomic E-state index is 13.9. The molecule has 1 saturated heterocycles. The third-order valence-corrected chi connectivity index (χ3v) is 3.76. The van der Waals surface area contributed by atoms with Crippen LogP contribution in [0.3, 0.4) is 0 Å². The Hall–Kier alpha value is -1.54. The van der Waals surface area contributed by atoms with Crippen molar-refractivity contribution >= 4 is 16.9 Å². The van der Waals surface area contributed by atoms with Crippen molar-refractivity contribution in [3.63, 3.8) is 0 Å². The summed E-state index contributed by atoms with van der Waals surface area (Å²) < 4.78 is 43.6. The molecule has 2 atom stereocenters. The van der Waals surface area contributed by atoms with E-state index in [1.807, 2.05) is 0 Å². The standard InChI is InChI=1S/C12H14F2N2O3S/c1-19-8-3-9(13)12(10(14)4-8)7-2-11(17)16(5-7)6-20(15)18/h3-4,7H,2,5-6,15H2,1H3/t7-,20?/m0/s1. The van der Waals surface area contributed by atoms with Gasteiger partial charge >= 0.3 is 0 Å². The molecule has 0 bridgehead atoms. The lowest BCUT2D eigenvalue weighted by Gasteiger charge is -2.16. The molecular formula is C12H14F2N2O3S. The zero-order valence-electron chi connectivity index (χ0n) is 10.8. The van der Waals surface area contributed by atoms with Gasteiger partial charge in [-0.3, -0.25) is 9.93 Å². The normalized spacial score (nSPS) is 20.3. The number of hydrogen-bond acceptors (Lipinski definition) is 3. The summed E-state index contributed by atoms with van der Waals surface area (Å²) in [6, 6.07) is 2.15. The van der Waals surface area contributed by atoms with Crippen LogP contribution in [0.2, 0.25) is 0 Å². The van der Waals surface area contributed by atoms with E-state index in [0.29, 0.717) is 0 Å². The summed E-state index contributed by atoms with van der Waals surface area (Å²) in [6.07, 6.45) is -0.0304. The molecule has 1 aliphatic rings. The van der Waals surface area contributed by atoms with Crippen LogP contribution in [0, 0.1) is 11.6 Å². The predicted octanol–water partition coefficient (Wildman–Crippen LogP) is 0.869. The highest BCUT2D eigenvalue weighted by Crippen LogP contribution is 2.33. The number of amides is 1. The summed E-state index contributed by atoms with van der Waals surface area (Å²) in [4.78, 5) is 13.0. The molecule has 1 heterocycles. The van der Waals surface area contributed by atoms with Crippen LogP contribution in [0.5, 0.6) is 5.75 Å². The monoisotopic (exact) mass is 304 g/mol. The van der Waals surface area contributed by atoms with Crippen LogP contribution in [0.1, 0.15) is 17.9 Å². The fourth-order valence-electron chi connectivity index (χ4n) is 2.31. The van der Waals surface area contributed by atoms with Crippen molar-refractivity contribution in [1.29, 1.82) is 0 Å². The lowest BCUT2D eigenvalue weighted by Crippen LogP contribution is -2.31. The summed E-state index contributed by atoms with van der Waals surface area (Å²) in [7, 11) is -0.355. The smallest absolute Gasteiger partial charge is 0.224 e. The zero-order chi connectivity index (χ0) is 14.9. The number of halogens is 2. The molecule has 1 aromatic rings. The van der Waals surface area contributed by atoms with Crippen LogP contribution in [0.4, 0.5) is 8.78 Å². The molecule has 5 nitrogen and oxygen atoms in total. The van der Waals surface area contributed by atoms with Crippen LogP contribution in [0.15, 0.2) is 12.1 Å². The van der Waals surface area contributed by atoms with E-state index in [1.165, 1.54) is 12.0 Å². The summed E-state index contributed by atoms with van der Waals surface area (Å²) in [5, 5.41) is 5.13. The third-order valence-electron chi connectivity index (χ3n) is 3.19. The highest BCUT2D eigenvalue weighted by atomic mass is 32.2. The van der Waals surface area contributed by atoms with Gasteiger partial charge in [-0.15, -0.1) is 0 Å². The fourth-order valence-corrected chi connectivity index (χ4v) is 2.87. The molecule has 8 heteroatoms. The minimum Gasteiger partial charge on any atom is -0.497 e. The second kappa shape index (κ2) is 5.84. The third kappa shape index (κ3) is 2.96. The minimum absolute atomic E-state index is 0.0304. The molecule has 1 aromatic carbocycles. The van der Waals surface area contributed by atoms with Crippen molar-refractivity contribution in [2.24, 2.45) is 5.14 Å². The Labute approximate surface area is 117 Å². The van der Waals surface area contributed by atoms with E-state index in [1.54, 1.807) is 0 Å². The van der Waals surface area contributed by atoms with E-state index >= 15 is 0 Å². The minimum atomic E-state index is -1.67. The molecule has 0 aromatic heterocycles. The fraction of sp³-hybridized carbons (Fsp3) is 0.417. The molecular weight excluding hydrogens is 290 g/mol. The van der Waals surface area contributed by atoms with Gasteiger partial charge in [-0.25, -0.2) is 13.0 Å². The van der Waals surface area contributed by atoms with Crippen molar-refractivity contribution in [3.8, 4) is 5.75 Å². The van der Waals surface area contributed by atoms with E-state index in [-0.39, 0.29) is 36.1 Å². The van der Waals surface area contributed by atoms with Crippen molar-refractivity contribution in [1.82, 2.24) is 4.90 Å². The number of benzene rings is 1. The number of rotatable bonds is 4. The van der Waals surface area contributed by atoms with Crippen molar-refractivity contribution < 1.29 is 22.5 Å². The van der Waals surface area contributed by atoms with Gasteiger partial charge in [-0.1, -0.05) is 0 Å². The Kier molecular flexibility index (Phi) is 4.34. The van der Waals surface area contributed by atoms with E-state index < -0.39 is 28.5 Å². The van der Waals surface area contributed by atoms with Crippen LogP contribution < -0.4 is 9.88 Å². The first kappa shape index (κ1) is 14.9. The first-order chi connectivity index (χ1) is 9.42. The molecule has 0 radical (unpaired) electrons. The summed E-state index contributed by atoms with van der Waals surface area (Å²) in [6.45, 7) is 0.0991. The molecule has 1 fully saturated rings. The van der Waals surface area contributed by atoms with E-state index in [0.717, 1.165) is 12.1 Å². The van der Waals surface area contributed by atoms with Gasteiger partial charge in [0.25, 0.3) is 0 Å². The number of nitrogens with two attached hydrogens (primary N) is 1. The van der Waals surface area contributed by atoms with Gasteiger partial charge in [-0.2, -0.15) is 0 Å². The largest absolute Gasteiger partial charge is 0.497 e. The van der Waals surface area contributed by atoms with Gasteiger partial charge in [-0.05, 0) is 0 Å². The Bertz CT molecular complexity index is 545.